The summed E-state index contributed by atoms with van der Waals surface area (Å²) in [6, 6.07) is 8.37. The molecule has 3 aliphatic heterocycles. The zero-order valence-corrected chi connectivity index (χ0v) is 26.2. The van der Waals surface area contributed by atoms with Crippen molar-refractivity contribution in [3.05, 3.63) is 63.0 Å². The maximum Gasteiger partial charge on any atom is 0.418 e. The number of benzene rings is 2. The number of anilines is 1. The first-order valence-corrected chi connectivity index (χ1v) is 16.3. The number of nitrogens with two attached hydrogens (primary N) is 1. The van der Waals surface area contributed by atoms with Gasteiger partial charge in [-0.1, -0.05) is 23.7 Å². The number of para-hydroxylation sites is 2. The summed E-state index contributed by atoms with van der Waals surface area (Å²) in [7, 11) is 0. The number of imidazole rings is 1. The van der Waals surface area contributed by atoms with Crippen LogP contribution in [0.25, 0.3) is 11.0 Å². The minimum atomic E-state index is -4.74. The van der Waals surface area contributed by atoms with Crippen molar-refractivity contribution >= 4 is 40.3 Å². The van der Waals surface area contributed by atoms with E-state index in [1.807, 2.05) is 24.3 Å². The Morgan fingerprint density at radius 3 is 2.26 bits per heavy atom. The highest BCUT2D eigenvalue weighted by Gasteiger charge is 2.37. The van der Waals surface area contributed by atoms with Crippen LogP contribution in [0.1, 0.15) is 55.7 Å². The van der Waals surface area contributed by atoms with E-state index in [0.717, 1.165) is 43.0 Å². The van der Waals surface area contributed by atoms with E-state index in [0.29, 0.717) is 45.1 Å². The smallest absolute Gasteiger partial charge is 0.397 e. The molecule has 14 heteroatoms. The molecule has 1 aromatic heterocycles. The fourth-order valence-corrected chi connectivity index (χ4v) is 7.49. The van der Waals surface area contributed by atoms with Crippen LogP contribution in [0.3, 0.4) is 0 Å². The first kappa shape index (κ1) is 32.2. The Kier molecular flexibility index (Phi) is 9.24. The fourth-order valence-electron chi connectivity index (χ4n) is 7.24. The molecule has 3 aliphatic rings. The van der Waals surface area contributed by atoms with Gasteiger partial charge in [0, 0.05) is 44.7 Å². The third-order valence-electron chi connectivity index (χ3n) is 9.70. The lowest BCUT2D eigenvalue weighted by Gasteiger charge is -2.38. The van der Waals surface area contributed by atoms with E-state index in [2.05, 4.69) is 15.2 Å². The average molecular weight is 662 g/mol. The number of piperidine rings is 2. The Labute approximate surface area is 269 Å². The van der Waals surface area contributed by atoms with Gasteiger partial charge in [0.1, 0.15) is 6.04 Å². The molecule has 0 unspecified atom stereocenters. The second-order valence-corrected chi connectivity index (χ2v) is 13.0. The number of H-pyrrole nitrogens is 1. The van der Waals surface area contributed by atoms with E-state index < -0.39 is 29.5 Å². The zero-order valence-electron chi connectivity index (χ0n) is 25.5. The number of aromatic amines is 1. The molecule has 2 aromatic carbocycles. The predicted molar refractivity (Wildman–Crippen MR) is 170 cm³/mol. The van der Waals surface area contributed by atoms with Crippen molar-refractivity contribution in [3.8, 4) is 0 Å². The van der Waals surface area contributed by atoms with Gasteiger partial charge >= 0.3 is 17.9 Å². The Balaban J connectivity index is 1.17. The van der Waals surface area contributed by atoms with E-state index in [9.17, 15) is 27.6 Å². The maximum absolute atomic E-state index is 13.9. The summed E-state index contributed by atoms with van der Waals surface area (Å²) in [6.45, 7) is 3.82. The van der Waals surface area contributed by atoms with E-state index in [4.69, 9.17) is 17.3 Å². The van der Waals surface area contributed by atoms with Gasteiger partial charge in [-0.05, 0) is 81.4 Å². The number of nitrogens with zero attached hydrogens (tertiary/aromatic N) is 4. The van der Waals surface area contributed by atoms with Crippen molar-refractivity contribution in [3.63, 3.8) is 0 Å². The molecule has 0 bridgehead atoms. The van der Waals surface area contributed by atoms with Crippen LogP contribution in [0.5, 0.6) is 0 Å². The van der Waals surface area contributed by atoms with Gasteiger partial charge in [0.15, 0.2) is 0 Å². The van der Waals surface area contributed by atoms with Crippen molar-refractivity contribution in [2.45, 2.75) is 69.2 Å². The van der Waals surface area contributed by atoms with Crippen LogP contribution in [0.15, 0.2) is 41.2 Å². The molecule has 46 heavy (non-hydrogen) atoms. The van der Waals surface area contributed by atoms with Crippen molar-refractivity contribution in [1.29, 1.82) is 0 Å². The van der Waals surface area contributed by atoms with E-state index in [1.165, 1.54) is 18.9 Å². The first-order valence-electron chi connectivity index (χ1n) is 15.9. The average Bonchev–Trinajstić information content (AvgIpc) is 3.69. The molecular weight excluding hydrogens is 623 g/mol. The van der Waals surface area contributed by atoms with E-state index in [1.54, 1.807) is 14.4 Å². The SMILES string of the molecule is Nc1c(Cl)cc(C[C@@H](NC(=O)N2CCC(n3c(=O)[nH]c4ccccc43)CC2)C(=O)N2CCC(N3CCCC3)CC2)cc1C(F)(F)F. The number of nitrogen functional groups attached to an aromatic ring is 1. The molecule has 0 spiro atoms. The highest BCUT2D eigenvalue weighted by atomic mass is 35.5. The summed E-state index contributed by atoms with van der Waals surface area (Å²) in [5.74, 6) is -0.338. The topological polar surface area (TPSA) is 120 Å². The van der Waals surface area contributed by atoms with Gasteiger partial charge in [-0.2, -0.15) is 13.2 Å². The molecule has 4 N–H and O–H groups in total. The largest absolute Gasteiger partial charge is 0.418 e. The zero-order chi connectivity index (χ0) is 32.6. The van der Waals surface area contributed by atoms with Crippen LogP contribution in [-0.2, 0) is 17.4 Å². The van der Waals surface area contributed by atoms with Crippen LogP contribution in [0.4, 0.5) is 23.7 Å². The van der Waals surface area contributed by atoms with Crippen LogP contribution >= 0.6 is 11.6 Å². The van der Waals surface area contributed by atoms with Gasteiger partial charge in [0.25, 0.3) is 0 Å². The Bertz CT molecular complexity index is 1640. The number of rotatable bonds is 6. The Morgan fingerprint density at radius 1 is 0.957 bits per heavy atom. The third-order valence-corrected chi connectivity index (χ3v) is 10.0. The minimum absolute atomic E-state index is 0.111. The monoisotopic (exact) mass is 661 g/mol. The lowest BCUT2D eigenvalue weighted by molar-refractivity contribution is -0.137. The lowest BCUT2D eigenvalue weighted by Crippen LogP contribution is -2.56. The molecule has 10 nitrogen and oxygen atoms in total. The number of alkyl halides is 3. The molecule has 0 saturated carbocycles. The molecule has 6 rings (SSSR count). The molecule has 0 aliphatic carbocycles. The number of carbonyl (C=O) groups excluding carboxylic acids is 2. The maximum atomic E-state index is 13.9. The highest BCUT2D eigenvalue weighted by molar-refractivity contribution is 6.33. The lowest BCUT2D eigenvalue weighted by atomic mass is 9.98. The van der Waals surface area contributed by atoms with Crippen LogP contribution in [0, 0.1) is 0 Å². The van der Waals surface area contributed by atoms with Gasteiger partial charge in [-0.15, -0.1) is 0 Å². The third kappa shape index (κ3) is 6.71. The number of fused-ring (bicyclic) bond motifs is 1. The van der Waals surface area contributed by atoms with Crippen molar-refractivity contribution < 1.29 is 22.8 Å². The number of likely N-dealkylation sites (tertiary alicyclic amines) is 3. The molecule has 1 atom stereocenters. The van der Waals surface area contributed by atoms with Gasteiger partial charge in [-0.25, -0.2) is 9.59 Å². The molecule has 3 aromatic rings. The van der Waals surface area contributed by atoms with Gasteiger partial charge in [-0.3, -0.25) is 9.36 Å². The number of carbonyl (C=O) groups is 2. The summed E-state index contributed by atoms with van der Waals surface area (Å²) in [6.07, 6.45) is 0.0980. The molecular formula is C32H39ClF3N7O3. The van der Waals surface area contributed by atoms with Crippen molar-refractivity contribution in [2.75, 3.05) is 45.0 Å². The van der Waals surface area contributed by atoms with Crippen molar-refractivity contribution in [1.82, 2.24) is 29.6 Å². The molecule has 0 radical (unpaired) electrons. The molecule has 4 heterocycles. The number of amides is 3. The number of aromatic nitrogens is 2. The second kappa shape index (κ2) is 13.2. The summed E-state index contributed by atoms with van der Waals surface area (Å²) in [5.41, 5.74) is 5.48. The summed E-state index contributed by atoms with van der Waals surface area (Å²) < 4.78 is 42.9. The fraction of sp³-hybridized carbons (Fsp3) is 0.531. The summed E-state index contributed by atoms with van der Waals surface area (Å²) >= 11 is 6.10. The van der Waals surface area contributed by atoms with E-state index >= 15 is 0 Å². The summed E-state index contributed by atoms with van der Waals surface area (Å²) in [4.78, 5) is 48.8. The quantitative estimate of drug-likeness (QED) is 0.333. The Hall–Kier alpha value is -3.71. The molecule has 248 valence electrons. The molecule has 3 fully saturated rings. The first-order chi connectivity index (χ1) is 22.0. The number of halogens is 4. The predicted octanol–water partition coefficient (Wildman–Crippen LogP) is 4.63. The van der Waals surface area contributed by atoms with Crippen molar-refractivity contribution in [2.24, 2.45) is 0 Å². The van der Waals surface area contributed by atoms with Gasteiger partial charge in [0.05, 0.1) is 27.3 Å². The normalized spacial score (nSPS) is 19.6. The van der Waals surface area contributed by atoms with Crippen LogP contribution in [-0.4, -0.2) is 87.5 Å². The molecule has 3 saturated heterocycles. The number of urea groups is 1. The summed E-state index contributed by atoms with van der Waals surface area (Å²) in [5, 5.41) is 2.58. The molecule has 3 amide bonds. The number of nitrogens with one attached hydrogen (secondary N) is 2. The highest BCUT2D eigenvalue weighted by Crippen LogP contribution is 2.38. The van der Waals surface area contributed by atoms with Gasteiger partial charge in [0.2, 0.25) is 5.91 Å². The van der Waals surface area contributed by atoms with Crippen LogP contribution in [0.2, 0.25) is 5.02 Å². The van der Waals surface area contributed by atoms with Gasteiger partial charge < -0.3 is 30.7 Å². The standard InChI is InChI=1S/C32H39ClF3N7O3/c33-24-18-20(17-23(28(24)37)32(34,35)36)19-26(29(44)41-13-7-21(8-14-41)40-11-3-4-12-40)39-30(45)42-15-9-22(10-16-42)43-27-6-2-1-5-25(27)38-31(43)46/h1-2,5-6,17-18,21-22,26H,3-4,7-16,19,37H2,(H,38,46)(H,39,45)/t26-/m1/s1. The van der Waals surface area contributed by atoms with E-state index in [-0.39, 0.29) is 34.6 Å². The minimum Gasteiger partial charge on any atom is -0.397 e. The second-order valence-electron chi connectivity index (χ2n) is 12.6. The van der Waals surface area contributed by atoms with Crippen LogP contribution < -0.4 is 16.7 Å². The number of hydrogen-bond donors (Lipinski definition) is 3. The number of hydrogen-bond acceptors (Lipinski definition) is 5. The Morgan fingerprint density at radius 2 is 1.59 bits per heavy atom.